The number of fused-ring (bicyclic) bond motifs is 2. The Bertz CT molecular complexity index is 2690. The number of piperazine rings is 1. The molecule has 17 nitrogen and oxygen atoms in total. The van der Waals surface area contributed by atoms with Crippen LogP contribution in [-0.2, 0) is 16.1 Å². The van der Waals surface area contributed by atoms with E-state index < -0.39 is 6.04 Å². The number of imide groups is 1. The van der Waals surface area contributed by atoms with Crippen LogP contribution in [0.1, 0.15) is 79.8 Å². The average Bonchev–Trinajstić information content (AvgIpc) is 3.94. The molecule has 360 valence electrons. The molecule has 17 heteroatoms. The zero-order valence-electron chi connectivity index (χ0n) is 39.3. The second-order valence-corrected chi connectivity index (χ2v) is 19.8. The highest BCUT2D eigenvalue weighted by atomic mass is 16.5. The normalized spacial score (nSPS) is 22.3. The van der Waals surface area contributed by atoms with Crippen LogP contribution in [0.5, 0.6) is 11.5 Å². The summed E-state index contributed by atoms with van der Waals surface area (Å²) in [4.78, 5) is 73.6. The number of nitrogens with zero attached hydrogens (tertiary/aromatic N) is 10. The van der Waals surface area contributed by atoms with Crippen molar-refractivity contribution < 1.29 is 23.9 Å². The van der Waals surface area contributed by atoms with Gasteiger partial charge >= 0.3 is 6.03 Å². The van der Waals surface area contributed by atoms with Crippen LogP contribution in [0.25, 0.3) is 22.3 Å². The molecule has 8 heterocycles. The van der Waals surface area contributed by atoms with E-state index in [1.165, 1.54) is 6.33 Å². The molecule has 3 N–H and O–H groups in total. The van der Waals surface area contributed by atoms with Gasteiger partial charge < -0.3 is 30.1 Å². The quantitative estimate of drug-likeness (QED) is 0.162. The van der Waals surface area contributed by atoms with Gasteiger partial charge in [0.2, 0.25) is 11.8 Å². The Morgan fingerprint density at radius 1 is 0.768 bits per heavy atom. The van der Waals surface area contributed by atoms with E-state index in [0.717, 1.165) is 162 Å². The van der Waals surface area contributed by atoms with E-state index in [-0.39, 0.29) is 36.2 Å². The number of aromatic nitrogens is 4. The number of nitrogen functional groups attached to an aromatic ring is 1. The molecule has 5 saturated heterocycles. The number of hydrogen-bond acceptors (Lipinski definition) is 12. The number of carbonyl (C=O) groups excluding carboxylic acids is 4. The molecule has 0 spiro atoms. The molecule has 3 aromatic carbocycles. The molecule has 0 aliphatic carbocycles. The van der Waals surface area contributed by atoms with Gasteiger partial charge in [-0.1, -0.05) is 18.2 Å². The topological polar surface area (TPSA) is 179 Å². The van der Waals surface area contributed by atoms with Gasteiger partial charge in [-0.2, -0.15) is 5.10 Å². The first-order valence-electron chi connectivity index (χ1n) is 25.1. The van der Waals surface area contributed by atoms with E-state index in [9.17, 15) is 19.2 Å². The third kappa shape index (κ3) is 9.33. The fourth-order valence-corrected chi connectivity index (χ4v) is 11.7. The highest BCUT2D eigenvalue weighted by Crippen LogP contribution is 2.37. The number of anilines is 2. The lowest BCUT2D eigenvalue weighted by molar-refractivity contribution is -0.136. The van der Waals surface area contributed by atoms with Gasteiger partial charge in [0.15, 0.2) is 5.65 Å². The van der Waals surface area contributed by atoms with Crippen LogP contribution in [0.2, 0.25) is 0 Å². The third-order valence-electron chi connectivity index (χ3n) is 15.6. The number of rotatable bonds is 10. The SMILES string of the molecule is Nc1ncnc2c1c(-c1ccc(Oc3ccccc3)cc1)nn2C1CCCN(C2CCN(C(=O)N3CCN(CCC4CCN(c5ccc6c(c5)CN(C5CCC(=O)NC5=O)C6=O)CC4)CC3)CC2)C1. The molecule has 0 bridgehead atoms. The van der Waals surface area contributed by atoms with Gasteiger partial charge in [0.1, 0.15) is 35.4 Å². The maximum absolute atomic E-state index is 13.8. The number of nitrogens with one attached hydrogen (secondary N) is 1. The van der Waals surface area contributed by atoms with Crippen molar-refractivity contribution in [3.8, 4) is 22.8 Å². The molecule has 2 aromatic heterocycles. The van der Waals surface area contributed by atoms with Gasteiger partial charge in [-0.25, -0.2) is 19.4 Å². The molecule has 2 unspecified atom stereocenters. The molecule has 5 aromatic rings. The van der Waals surface area contributed by atoms with Gasteiger partial charge in [0.25, 0.3) is 5.91 Å². The summed E-state index contributed by atoms with van der Waals surface area (Å²) >= 11 is 0. The molecule has 6 aliphatic rings. The zero-order valence-corrected chi connectivity index (χ0v) is 39.3. The van der Waals surface area contributed by atoms with Crippen molar-refractivity contribution in [3.05, 3.63) is 90.3 Å². The number of carbonyl (C=O) groups is 4. The number of ether oxygens (including phenoxy) is 1. The van der Waals surface area contributed by atoms with E-state index in [0.29, 0.717) is 36.3 Å². The number of urea groups is 1. The number of nitrogens with two attached hydrogens (primary N) is 1. The summed E-state index contributed by atoms with van der Waals surface area (Å²) in [6.07, 6.45) is 9.54. The van der Waals surface area contributed by atoms with E-state index >= 15 is 0 Å². The highest BCUT2D eigenvalue weighted by Gasteiger charge is 2.40. The largest absolute Gasteiger partial charge is 0.457 e. The monoisotopic (exact) mass is 934 g/mol. The Balaban J connectivity index is 0.622. The molecular formula is C52H62N12O5. The second kappa shape index (κ2) is 19.4. The van der Waals surface area contributed by atoms with Crippen molar-refractivity contribution in [3.63, 3.8) is 0 Å². The molecule has 5 amide bonds. The first-order chi connectivity index (χ1) is 33.7. The molecule has 5 fully saturated rings. The van der Waals surface area contributed by atoms with Crippen molar-refractivity contribution in [1.29, 1.82) is 0 Å². The minimum atomic E-state index is -0.599. The number of para-hydroxylation sites is 1. The predicted octanol–water partition coefficient (Wildman–Crippen LogP) is 5.77. The van der Waals surface area contributed by atoms with Crippen LogP contribution in [-0.4, -0.2) is 152 Å². The molecule has 6 aliphatic heterocycles. The molecule has 69 heavy (non-hydrogen) atoms. The van der Waals surface area contributed by atoms with Gasteiger partial charge in [0, 0.05) is 94.7 Å². The third-order valence-corrected chi connectivity index (χ3v) is 15.6. The van der Waals surface area contributed by atoms with Crippen LogP contribution in [0.3, 0.4) is 0 Å². The minimum absolute atomic E-state index is 0.132. The summed E-state index contributed by atoms with van der Waals surface area (Å²) in [6, 6.07) is 23.9. The van der Waals surface area contributed by atoms with Crippen LogP contribution < -0.4 is 20.7 Å². The van der Waals surface area contributed by atoms with Crippen molar-refractivity contribution >= 4 is 46.3 Å². The van der Waals surface area contributed by atoms with E-state index in [2.05, 4.69) is 45.5 Å². The standard InChI is InChI=1S/C52H62N12O5/c53-48-46-47(36-8-11-42(12-9-36)69-41-6-2-1-3-7-41)57-64(49(46)55-34-54-48)40-5-4-21-62(33-40)38-19-25-60(26-20-38)52(68)61-29-27-58(28-30-61)22-16-35-17-23-59(24-18-35)39-10-13-43-37(31-39)32-63(51(43)67)44-14-15-45(65)56-50(44)66/h1-3,6-13,31,34-35,38,40,44H,4-5,14-30,32-33H2,(H2,53,54,55)(H,56,65,66). The first kappa shape index (κ1) is 44.9. The number of benzene rings is 3. The minimum Gasteiger partial charge on any atom is -0.457 e. The summed E-state index contributed by atoms with van der Waals surface area (Å²) < 4.78 is 8.12. The molecule has 11 rings (SSSR count). The van der Waals surface area contributed by atoms with Gasteiger partial charge in [-0.15, -0.1) is 0 Å². The van der Waals surface area contributed by atoms with Crippen LogP contribution >= 0.6 is 0 Å². The lowest BCUT2D eigenvalue weighted by Crippen LogP contribution is -2.56. The second-order valence-electron chi connectivity index (χ2n) is 19.8. The molecule has 2 atom stereocenters. The van der Waals surface area contributed by atoms with E-state index in [4.69, 9.17) is 20.6 Å². The fourth-order valence-electron chi connectivity index (χ4n) is 11.7. The fraction of sp³-hybridized carbons (Fsp3) is 0.481. The van der Waals surface area contributed by atoms with Gasteiger partial charge in [-0.05, 0) is 131 Å². The van der Waals surface area contributed by atoms with Gasteiger partial charge in [0.05, 0.1) is 11.4 Å². The van der Waals surface area contributed by atoms with Crippen LogP contribution in [0, 0.1) is 5.92 Å². The maximum atomic E-state index is 13.8. The molecule has 0 radical (unpaired) electrons. The van der Waals surface area contributed by atoms with E-state index in [1.54, 1.807) is 4.90 Å². The number of hydrogen-bond donors (Lipinski definition) is 2. The van der Waals surface area contributed by atoms with Gasteiger partial charge in [-0.3, -0.25) is 29.5 Å². The number of piperidine rings is 4. The lowest BCUT2D eigenvalue weighted by atomic mass is 9.92. The highest BCUT2D eigenvalue weighted by molar-refractivity contribution is 6.05. The Labute approximate surface area is 402 Å². The first-order valence-corrected chi connectivity index (χ1v) is 25.1. The zero-order chi connectivity index (χ0) is 47.0. The summed E-state index contributed by atoms with van der Waals surface area (Å²) in [5.74, 6) is 1.81. The Hall–Kier alpha value is -6.59. The Morgan fingerprint density at radius 3 is 2.29 bits per heavy atom. The van der Waals surface area contributed by atoms with Crippen molar-refractivity contribution in [2.45, 2.75) is 82.5 Å². The summed E-state index contributed by atoms with van der Waals surface area (Å²) in [5.41, 5.74) is 11.7. The lowest BCUT2D eigenvalue weighted by Gasteiger charge is -2.44. The van der Waals surface area contributed by atoms with Crippen molar-refractivity contribution in [2.75, 3.05) is 82.6 Å². The summed E-state index contributed by atoms with van der Waals surface area (Å²) in [7, 11) is 0. The predicted molar refractivity (Wildman–Crippen MR) is 262 cm³/mol. The maximum Gasteiger partial charge on any atom is 0.320 e. The number of amides is 5. The Kier molecular flexibility index (Phi) is 12.6. The molecule has 0 saturated carbocycles. The van der Waals surface area contributed by atoms with Crippen molar-refractivity contribution in [2.24, 2.45) is 5.92 Å². The average molecular weight is 935 g/mol. The summed E-state index contributed by atoms with van der Waals surface area (Å²) in [5, 5.41) is 8.34. The summed E-state index contributed by atoms with van der Waals surface area (Å²) in [6.45, 7) is 10.2. The smallest absolute Gasteiger partial charge is 0.320 e. The van der Waals surface area contributed by atoms with Crippen LogP contribution in [0.4, 0.5) is 16.3 Å². The van der Waals surface area contributed by atoms with E-state index in [1.807, 2.05) is 66.7 Å². The van der Waals surface area contributed by atoms with Crippen molar-refractivity contribution in [1.82, 2.24) is 49.6 Å². The number of likely N-dealkylation sites (tertiary alicyclic amines) is 2. The molecular weight excluding hydrogens is 873 g/mol. The van der Waals surface area contributed by atoms with Crippen LogP contribution in [0.15, 0.2) is 79.1 Å². The Morgan fingerprint density at radius 2 is 1.52 bits per heavy atom.